The van der Waals surface area contributed by atoms with Crippen molar-refractivity contribution in [3.05, 3.63) is 109 Å². The van der Waals surface area contributed by atoms with Crippen molar-refractivity contribution in [2.75, 3.05) is 19.8 Å². The summed E-state index contributed by atoms with van der Waals surface area (Å²) in [7, 11) is 0. The van der Waals surface area contributed by atoms with Crippen LogP contribution in [0.2, 0.25) is 0 Å². The number of ether oxygens (including phenoxy) is 4. The predicted octanol–water partition coefficient (Wildman–Crippen LogP) is 6.54. The third-order valence-corrected chi connectivity index (χ3v) is 11.5. The van der Waals surface area contributed by atoms with Crippen LogP contribution in [0.15, 0.2) is 109 Å². The SMILES string of the molecule is CC/C=C\C/C=C\C/C=C\C/C=C\C/C=C\C/C=C\C/C=C\C/C=C\C/C=C\CCCC(=O)NC(COC1OC(CO)C(OC2OC(CO)C(O)C(O)C2O)C(O)C1O)C(O)CCCCCCC. The summed E-state index contributed by atoms with van der Waals surface area (Å²) >= 11 is 0. The predicted molar refractivity (Wildman–Crippen MR) is 267 cm³/mol. The van der Waals surface area contributed by atoms with Crippen LogP contribution in [0.4, 0.5) is 0 Å². The van der Waals surface area contributed by atoms with Crippen molar-refractivity contribution in [3.63, 3.8) is 0 Å². The van der Waals surface area contributed by atoms with E-state index in [-0.39, 0.29) is 18.9 Å². The van der Waals surface area contributed by atoms with Crippen LogP contribution in [0.5, 0.6) is 0 Å². The molecular weight excluding hydrogens is 871 g/mol. The molecule has 2 heterocycles. The number of aliphatic hydroxyl groups excluding tert-OH is 8. The van der Waals surface area contributed by atoms with Crippen LogP contribution in [0.25, 0.3) is 0 Å². The van der Waals surface area contributed by atoms with Crippen LogP contribution in [0.3, 0.4) is 0 Å². The van der Waals surface area contributed by atoms with Crippen LogP contribution in [-0.2, 0) is 23.7 Å². The van der Waals surface area contributed by atoms with Gasteiger partial charge in [0, 0.05) is 6.42 Å². The van der Waals surface area contributed by atoms with Crippen molar-refractivity contribution in [3.8, 4) is 0 Å². The van der Waals surface area contributed by atoms with E-state index in [2.05, 4.69) is 122 Å². The van der Waals surface area contributed by atoms with E-state index in [1.54, 1.807) is 0 Å². The van der Waals surface area contributed by atoms with Crippen LogP contribution < -0.4 is 5.32 Å². The third kappa shape index (κ3) is 26.0. The number of hydrogen-bond donors (Lipinski definition) is 9. The Morgan fingerprint density at radius 2 is 1.00 bits per heavy atom. The maximum atomic E-state index is 13.1. The number of amides is 1. The Kier molecular flexibility index (Phi) is 35.2. The molecule has 14 heteroatoms. The fourth-order valence-corrected chi connectivity index (χ4v) is 7.41. The van der Waals surface area contributed by atoms with Gasteiger partial charge in [0.2, 0.25) is 5.91 Å². The first-order chi connectivity index (χ1) is 33.1. The van der Waals surface area contributed by atoms with Crippen LogP contribution >= 0.6 is 0 Å². The molecule has 12 unspecified atom stereocenters. The second kappa shape index (κ2) is 39.4. The monoisotopic (exact) mass is 958 g/mol. The molecule has 0 aromatic rings. The first-order valence-electron chi connectivity index (χ1n) is 25.1. The topological polar surface area (TPSA) is 228 Å². The molecule has 1 amide bonds. The fraction of sp³-hybridized carbons (Fsp3) is 0.648. The largest absolute Gasteiger partial charge is 0.394 e. The Morgan fingerprint density at radius 3 is 1.49 bits per heavy atom. The second-order valence-electron chi connectivity index (χ2n) is 17.2. The van der Waals surface area contributed by atoms with Crippen LogP contribution in [0.1, 0.15) is 129 Å². The fourth-order valence-electron chi connectivity index (χ4n) is 7.41. The molecule has 0 spiro atoms. The lowest BCUT2D eigenvalue weighted by Gasteiger charge is -2.46. The summed E-state index contributed by atoms with van der Waals surface area (Å²) in [4.78, 5) is 13.1. The number of carbonyl (C=O) groups excluding carboxylic acids is 1. The van der Waals surface area contributed by atoms with Crippen molar-refractivity contribution < 1.29 is 64.6 Å². The van der Waals surface area contributed by atoms with E-state index in [0.717, 1.165) is 89.9 Å². The second-order valence-corrected chi connectivity index (χ2v) is 17.2. The standard InChI is InChI=1S/C54H87NO13/c1-3-5-7-9-10-11-12-13-14-15-16-17-18-19-20-21-22-23-24-25-26-27-28-29-30-31-32-34-36-38-46(59)55-42(43(58)37-35-33-8-6-4-2)41-65-53-51(64)49(62)52(45(40-57)67-53)68-54-50(63)48(61)47(60)44(39-56)66-54/h5,7,10-11,13-14,16-17,19-20,22-23,25-26,28-29,31-32,42-45,47-54,56-58,60-64H,3-4,6,8-9,12,15,18,21,24,27,30,33-41H2,1-2H3,(H,55,59)/b7-5-,11-10-,14-13-,17-16-,20-19-,23-22-,26-25-,29-28-,32-31-. The Hall–Kier alpha value is -3.35. The zero-order chi connectivity index (χ0) is 49.6. The van der Waals surface area contributed by atoms with E-state index >= 15 is 0 Å². The van der Waals surface area contributed by atoms with E-state index in [0.29, 0.717) is 19.3 Å². The van der Waals surface area contributed by atoms with E-state index in [1.165, 1.54) is 0 Å². The van der Waals surface area contributed by atoms with Crippen LogP contribution in [-0.4, -0.2) is 140 Å². The van der Waals surface area contributed by atoms with Gasteiger partial charge in [0.25, 0.3) is 0 Å². The third-order valence-electron chi connectivity index (χ3n) is 11.5. The molecule has 0 aromatic heterocycles. The molecule has 2 aliphatic rings. The summed E-state index contributed by atoms with van der Waals surface area (Å²) in [5, 5.41) is 86.3. The van der Waals surface area contributed by atoms with E-state index < -0.39 is 86.8 Å². The van der Waals surface area contributed by atoms with Crippen LogP contribution in [0, 0.1) is 0 Å². The van der Waals surface area contributed by atoms with Gasteiger partial charge in [-0.25, -0.2) is 0 Å². The molecule has 0 radical (unpaired) electrons. The minimum Gasteiger partial charge on any atom is -0.394 e. The first-order valence-corrected chi connectivity index (χ1v) is 25.1. The molecule has 12 atom stereocenters. The average Bonchev–Trinajstić information content (AvgIpc) is 3.34. The minimum atomic E-state index is -1.79. The summed E-state index contributed by atoms with van der Waals surface area (Å²) in [5.74, 6) is -0.279. The molecule has 9 N–H and O–H groups in total. The summed E-state index contributed by atoms with van der Waals surface area (Å²) in [6, 6.07) is -0.863. The molecule has 2 fully saturated rings. The highest BCUT2D eigenvalue weighted by Crippen LogP contribution is 2.30. The Balaban J connectivity index is 1.71. The van der Waals surface area contributed by atoms with Gasteiger partial charge in [-0.05, 0) is 77.0 Å². The Morgan fingerprint density at radius 1 is 0.544 bits per heavy atom. The van der Waals surface area contributed by atoms with Gasteiger partial charge in [0.1, 0.15) is 48.8 Å². The molecule has 2 rings (SSSR count). The Bertz CT molecular complexity index is 1550. The van der Waals surface area contributed by atoms with Crippen molar-refractivity contribution >= 4 is 5.91 Å². The molecule has 0 aliphatic carbocycles. The molecule has 0 bridgehead atoms. The molecule has 2 saturated heterocycles. The van der Waals surface area contributed by atoms with Gasteiger partial charge in [0.15, 0.2) is 12.6 Å². The number of unbranched alkanes of at least 4 members (excludes halogenated alkanes) is 5. The number of aliphatic hydroxyl groups is 8. The highest BCUT2D eigenvalue weighted by Gasteiger charge is 2.51. The molecule has 2 aliphatic heterocycles. The van der Waals surface area contributed by atoms with E-state index in [9.17, 15) is 45.6 Å². The average molecular weight is 958 g/mol. The number of nitrogens with one attached hydrogen (secondary N) is 1. The maximum Gasteiger partial charge on any atom is 0.220 e. The molecular formula is C54H87NO13. The minimum absolute atomic E-state index is 0.215. The molecule has 386 valence electrons. The van der Waals surface area contributed by atoms with Gasteiger partial charge in [-0.3, -0.25) is 4.79 Å². The molecule has 14 nitrogen and oxygen atoms in total. The molecule has 0 saturated carbocycles. The zero-order valence-corrected chi connectivity index (χ0v) is 40.8. The first kappa shape index (κ1) is 60.8. The van der Waals surface area contributed by atoms with Gasteiger partial charge in [-0.2, -0.15) is 0 Å². The summed E-state index contributed by atoms with van der Waals surface area (Å²) in [6.07, 6.45) is 37.4. The normalized spacial score (nSPS) is 27.3. The highest BCUT2D eigenvalue weighted by atomic mass is 16.7. The smallest absolute Gasteiger partial charge is 0.220 e. The number of rotatable bonds is 36. The van der Waals surface area contributed by atoms with Gasteiger partial charge in [-0.1, -0.05) is 155 Å². The van der Waals surface area contributed by atoms with Crippen molar-refractivity contribution in [1.82, 2.24) is 5.32 Å². The lowest BCUT2D eigenvalue weighted by Crippen LogP contribution is -2.65. The quantitative estimate of drug-likeness (QED) is 0.0241. The highest BCUT2D eigenvalue weighted by molar-refractivity contribution is 5.76. The molecule has 68 heavy (non-hydrogen) atoms. The number of allylic oxidation sites excluding steroid dienone is 18. The van der Waals surface area contributed by atoms with Gasteiger partial charge >= 0.3 is 0 Å². The van der Waals surface area contributed by atoms with Gasteiger partial charge < -0.3 is 65.1 Å². The van der Waals surface area contributed by atoms with Crippen molar-refractivity contribution in [1.29, 1.82) is 0 Å². The van der Waals surface area contributed by atoms with Gasteiger partial charge in [0.05, 0.1) is 32.0 Å². The lowest BCUT2D eigenvalue weighted by atomic mass is 9.97. The van der Waals surface area contributed by atoms with Crippen molar-refractivity contribution in [2.24, 2.45) is 0 Å². The maximum absolute atomic E-state index is 13.1. The summed E-state index contributed by atoms with van der Waals surface area (Å²) in [5.41, 5.74) is 0. The Labute approximate surface area is 406 Å². The number of hydrogen-bond acceptors (Lipinski definition) is 13. The molecule has 0 aromatic carbocycles. The summed E-state index contributed by atoms with van der Waals surface area (Å²) in [6.45, 7) is 2.55. The van der Waals surface area contributed by atoms with E-state index in [1.807, 2.05) is 6.08 Å². The van der Waals surface area contributed by atoms with Crippen molar-refractivity contribution in [2.45, 2.75) is 203 Å². The lowest BCUT2D eigenvalue weighted by molar-refractivity contribution is -0.359. The van der Waals surface area contributed by atoms with E-state index in [4.69, 9.17) is 18.9 Å². The summed E-state index contributed by atoms with van der Waals surface area (Å²) < 4.78 is 22.6. The number of carbonyl (C=O) groups is 1. The van der Waals surface area contributed by atoms with Gasteiger partial charge in [-0.15, -0.1) is 0 Å². The zero-order valence-electron chi connectivity index (χ0n) is 40.8.